The lowest BCUT2D eigenvalue weighted by atomic mass is 9.89. The molecule has 0 aromatic carbocycles. The van der Waals surface area contributed by atoms with Crippen LogP contribution >= 0.6 is 0 Å². The van der Waals surface area contributed by atoms with E-state index in [1.54, 1.807) is 6.92 Å². The number of esters is 1. The lowest BCUT2D eigenvalue weighted by Crippen LogP contribution is -2.54. The molecule has 0 spiro atoms. The lowest BCUT2D eigenvalue weighted by Gasteiger charge is -2.42. The number of hydrogen-bond acceptors (Lipinski definition) is 4. The molecule has 0 aromatic rings. The van der Waals surface area contributed by atoms with Gasteiger partial charge in [0.25, 0.3) is 0 Å². The summed E-state index contributed by atoms with van der Waals surface area (Å²) in [6, 6.07) is 0.876. The van der Waals surface area contributed by atoms with E-state index < -0.39 is 5.54 Å². The minimum atomic E-state index is -0.893. The van der Waals surface area contributed by atoms with Crippen molar-refractivity contribution in [2.75, 3.05) is 13.2 Å². The summed E-state index contributed by atoms with van der Waals surface area (Å²) in [6.45, 7) is 11.8. The van der Waals surface area contributed by atoms with Crippen molar-refractivity contribution in [2.45, 2.75) is 71.5 Å². The quantitative estimate of drug-likeness (QED) is 0.778. The Labute approximate surface area is 117 Å². The standard InChI is InChI=1S/C15H30N2O2/c1-6-19-14(18)15(5,16)9-13(4)17-10-11(2)7-8-12(17)3/h11-13H,6-10,16H2,1-5H3. The third-order valence-electron chi connectivity index (χ3n) is 4.19. The average molecular weight is 270 g/mol. The molecule has 112 valence electrons. The summed E-state index contributed by atoms with van der Waals surface area (Å²) in [7, 11) is 0. The van der Waals surface area contributed by atoms with E-state index in [0.717, 1.165) is 12.5 Å². The topological polar surface area (TPSA) is 55.6 Å². The summed E-state index contributed by atoms with van der Waals surface area (Å²) in [4.78, 5) is 14.3. The number of rotatable bonds is 5. The molecule has 4 heteroatoms. The van der Waals surface area contributed by atoms with Gasteiger partial charge in [-0.25, -0.2) is 0 Å². The van der Waals surface area contributed by atoms with E-state index >= 15 is 0 Å². The molecule has 1 fully saturated rings. The molecule has 4 atom stereocenters. The van der Waals surface area contributed by atoms with Crippen LogP contribution in [0.3, 0.4) is 0 Å². The Morgan fingerprint density at radius 1 is 1.47 bits per heavy atom. The number of carbonyl (C=O) groups excluding carboxylic acids is 1. The molecule has 1 saturated heterocycles. The maximum Gasteiger partial charge on any atom is 0.325 e. The number of carbonyl (C=O) groups is 1. The average Bonchev–Trinajstić information content (AvgIpc) is 2.32. The predicted octanol–water partition coefficient (Wildman–Crippen LogP) is 2.17. The van der Waals surface area contributed by atoms with Crippen LogP contribution in [-0.4, -0.2) is 41.6 Å². The van der Waals surface area contributed by atoms with Gasteiger partial charge in [0, 0.05) is 18.6 Å². The van der Waals surface area contributed by atoms with Crippen LogP contribution in [0.2, 0.25) is 0 Å². The first kappa shape index (κ1) is 16.4. The molecule has 0 aliphatic carbocycles. The number of nitrogens with zero attached hydrogens (tertiary/aromatic N) is 1. The van der Waals surface area contributed by atoms with Crippen molar-refractivity contribution < 1.29 is 9.53 Å². The van der Waals surface area contributed by atoms with Gasteiger partial charge in [0.1, 0.15) is 5.54 Å². The summed E-state index contributed by atoms with van der Waals surface area (Å²) in [5.74, 6) is 0.435. The van der Waals surface area contributed by atoms with Gasteiger partial charge in [-0.3, -0.25) is 9.69 Å². The van der Waals surface area contributed by atoms with Gasteiger partial charge >= 0.3 is 5.97 Å². The molecule has 4 nitrogen and oxygen atoms in total. The van der Waals surface area contributed by atoms with Gasteiger partial charge in [-0.1, -0.05) is 6.92 Å². The monoisotopic (exact) mass is 270 g/mol. The molecule has 0 radical (unpaired) electrons. The van der Waals surface area contributed by atoms with E-state index in [1.807, 2.05) is 6.92 Å². The highest BCUT2D eigenvalue weighted by Gasteiger charge is 2.35. The Morgan fingerprint density at radius 2 is 2.11 bits per heavy atom. The summed E-state index contributed by atoms with van der Waals surface area (Å²) in [5, 5.41) is 0. The number of piperidine rings is 1. The van der Waals surface area contributed by atoms with Gasteiger partial charge in [0.05, 0.1) is 6.61 Å². The zero-order valence-electron chi connectivity index (χ0n) is 13.1. The first-order valence-electron chi connectivity index (χ1n) is 7.49. The van der Waals surface area contributed by atoms with Crippen LogP contribution in [0.4, 0.5) is 0 Å². The molecule has 0 amide bonds. The van der Waals surface area contributed by atoms with E-state index in [4.69, 9.17) is 10.5 Å². The van der Waals surface area contributed by atoms with Crippen molar-refractivity contribution in [1.82, 2.24) is 4.90 Å². The molecule has 2 N–H and O–H groups in total. The highest BCUT2D eigenvalue weighted by atomic mass is 16.5. The van der Waals surface area contributed by atoms with Gasteiger partial charge in [0.15, 0.2) is 0 Å². The minimum Gasteiger partial charge on any atom is -0.465 e. The molecular weight excluding hydrogens is 240 g/mol. The highest BCUT2D eigenvalue weighted by Crippen LogP contribution is 2.26. The number of likely N-dealkylation sites (tertiary alicyclic amines) is 1. The van der Waals surface area contributed by atoms with Crippen LogP contribution in [0, 0.1) is 5.92 Å². The van der Waals surface area contributed by atoms with Gasteiger partial charge in [-0.05, 0) is 52.9 Å². The van der Waals surface area contributed by atoms with Gasteiger partial charge < -0.3 is 10.5 Å². The van der Waals surface area contributed by atoms with Gasteiger partial charge in [-0.2, -0.15) is 0 Å². The summed E-state index contributed by atoms with van der Waals surface area (Å²) >= 11 is 0. The molecule has 0 saturated carbocycles. The fourth-order valence-electron chi connectivity index (χ4n) is 3.05. The molecule has 19 heavy (non-hydrogen) atoms. The maximum absolute atomic E-state index is 11.9. The number of nitrogens with two attached hydrogens (primary N) is 1. The molecule has 0 bridgehead atoms. The maximum atomic E-state index is 11.9. The molecule has 1 heterocycles. The second kappa shape index (κ2) is 6.71. The van der Waals surface area contributed by atoms with E-state index in [9.17, 15) is 4.79 Å². The van der Waals surface area contributed by atoms with Crippen LogP contribution < -0.4 is 5.73 Å². The van der Waals surface area contributed by atoms with Crippen LogP contribution in [0.15, 0.2) is 0 Å². The minimum absolute atomic E-state index is 0.292. The van der Waals surface area contributed by atoms with E-state index in [-0.39, 0.29) is 5.97 Å². The van der Waals surface area contributed by atoms with Crippen molar-refractivity contribution in [3.05, 3.63) is 0 Å². The summed E-state index contributed by atoms with van der Waals surface area (Å²) in [5.41, 5.74) is 5.24. The lowest BCUT2D eigenvalue weighted by molar-refractivity contribution is -0.149. The fraction of sp³-hybridized carbons (Fsp3) is 0.933. The molecule has 1 aliphatic heterocycles. The van der Waals surface area contributed by atoms with Crippen LogP contribution in [0.5, 0.6) is 0 Å². The second-order valence-electron chi connectivity index (χ2n) is 6.42. The molecule has 1 rings (SSSR count). The zero-order valence-corrected chi connectivity index (χ0v) is 13.1. The first-order valence-corrected chi connectivity index (χ1v) is 7.49. The molecule has 4 unspecified atom stereocenters. The third kappa shape index (κ3) is 4.46. The Bertz CT molecular complexity index is 305. The van der Waals surface area contributed by atoms with E-state index in [2.05, 4.69) is 25.7 Å². The fourth-order valence-corrected chi connectivity index (χ4v) is 3.05. The van der Waals surface area contributed by atoms with Crippen molar-refractivity contribution in [3.63, 3.8) is 0 Å². The van der Waals surface area contributed by atoms with Crippen molar-refractivity contribution in [1.29, 1.82) is 0 Å². The molecule has 0 aromatic heterocycles. The van der Waals surface area contributed by atoms with Crippen molar-refractivity contribution in [3.8, 4) is 0 Å². The third-order valence-corrected chi connectivity index (χ3v) is 4.19. The van der Waals surface area contributed by atoms with Crippen molar-refractivity contribution >= 4 is 5.97 Å². The van der Waals surface area contributed by atoms with Gasteiger partial charge in [-0.15, -0.1) is 0 Å². The second-order valence-corrected chi connectivity index (χ2v) is 6.42. The Morgan fingerprint density at radius 3 is 2.68 bits per heavy atom. The largest absolute Gasteiger partial charge is 0.465 e. The SMILES string of the molecule is CCOC(=O)C(C)(N)CC(C)N1CC(C)CCC1C. The number of ether oxygens (including phenoxy) is 1. The normalized spacial score (nSPS) is 29.6. The zero-order chi connectivity index (χ0) is 14.6. The smallest absolute Gasteiger partial charge is 0.325 e. The van der Waals surface area contributed by atoms with Crippen molar-refractivity contribution in [2.24, 2.45) is 11.7 Å². The first-order chi connectivity index (χ1) is 8.77. The predicted molar refractivity (Wildman–Crippen MR) is 77.9 cm³/mol. The Hall–Kier alpha value is -0.610. The Kier molecular flexibility index (Phi) is 5.81. The Balaban J connectivity index is 2.62. The molecule has 1 aliphatic rings. The highest BCUT2D eigenvalue weighted by molar-refractivity contribution is 5.80. The van der Waals surface area contributed by atoms with Crippen LogP contribution in [0.25, 0.3) is 0 Å². The van der Waals surface area contributed by atoms with E-state index in [1.165, 1.54) is 12.8 Å². The van der Waals surface area contributed by atoms with Gasteiger partial charge in [0.2, 0.25) is 0 Å². The van der Waals surface area contributed by atoms with Crippen LogP contribution in [0.1, 0.15) is 53.9 Å². The van der Waals surface area contributed by atoms with Crippen LogP contribution in [-0.2, 0) is 9.53 Å². The molecular formula is C15H30N2O2. The number of hydrogen-bond donors (Lipinski definition) is 1. The van der Waals surface area contributed by atoms with E-state index in [0.29, 0.717) is 25.1 Å². The summed E-state index contributed by atoms with van der Waals surface area (Å²) in [6.07, 6.45) is 3.16. The summed E-state index contributed by atoms with van der Waals surface area (Å²) < 4.78 is 5.06.